The van der Waals surface area contributed by atoms with E-state index in [0.717, 1.165) is 39.4 Å². The minimum absolute atomic E-state index is 0.800. The van der Waals surface area contributed by atoms with E-state index in [-0.39, 0.29) is 0 Å². The first-order valence-corrected chi connectivity index (χ1v) is 11.4. The van der Waals surface area contributed by atoms with E-state index in [1.807, 2.05) is 6.08 Å². The fourth-order valence-electron chi connectivity index (χ4n) is 4.19. The van der Waals surface area contributed by atoms with Crippen molar-refractivity contribution in [3.63, 3.8) is 0 Å². The predicted octanol–water partition coefficient (Wildman–Crippen LogP) is 6.17. The number of benzene rings is 3. The first kappa shape index (κ1) is 21.9. The van der Waals surface area contributed by atoms with Gasteiger partial charge in [-0.05, 0) is 53.5 Å². The topological polar surface area (TPSA) is 15.7 Å². The van der Waals surface area contributed by atoms with Gasteiger partial charge in [0.2, 0.25) is 0 Å². The van der Waals surface area contributed by atoms with Gasteiger partial charge in [0.05, 0.1) is 13.2 Å². The third kappa shape index (κ3) is 5.30. The second-order valence-corrected chi connectivity index (χ2v) is 8.01. The first-order chi connectivity index (χ1) is 15.8. The van der Waals surface area contributed by atoms with Gasteiger partial charge in [0.1, 0.15) is 0 Å². The van der Waals surface area contributed by atoms with Crippen LogP contribution in [-0.4, -0.2) is 32.8 Å². The molecule has 4 rings (SSSR count). The molecule has 164 valence electrons. The van der Waals surface area contributed by atoms with Gasteiger partial charge in [0.25, 0.3) is 0 Å². The lowest BCUT2D eigenvalue weighted by Gasteiger charge is -2.29. The van der Waals surface area contributed by atoms with Crippen molar-refractivity contribution in [2.24, 2.45) is 0 Å². The molecular weight excluding hydrogens is 392 g/mol. The van der Waals surface area contributed by atoms with Crippen molar-refractivity contribution in [3.8, 4) is 0 Å². The normalized spacial score (nSPS) is 14.3. The summed E-state index contributed by atoms with van der Waals surface area (Å²) >= 11 is 0. The van der Waals surface area contributed by atoms with Crippen molar-refractivity contribution in [2.45, 2.75) is 13.5 Å². The third-order valence-electron chi connectivity index (χ3n) is 5.98. The Hall–Kier alpha value is -3.30. The van der Waals surface area contributed by atoms with Gasteiger partial charge in [-0.1, -0.05) is 73.3 Å². The van der Waals surface area contributed by atoms with Crippen LogP contribution in [0.3, 0.4) is 0 Å². The Kier molecular flexibility index (Phi) is 7.42. The number of nitrogens with zero attached hydrogens (tertiary/aromatic N) is 2. The molecule has 3 heteroatoms. The average Bonchev–Trinajstić information content (AvgIpc) is 2.87. The molecule has 1 aliphatic heterocycles. The summed E-state index contributed by atoms with van der Waals surface area (Å²) in [6, 6.07) is 28.4. The van der Waals surface area contributed by atoms with Crippen molar-refractivity contribution in [3.05, 3.63) is 114 Å². The minimum atomic E-state index is 0.800. The van der Waals surface area contributed by atoms with E-state index in [2.05, 4.69) is 108 Å². The molecule has 0 N–H and O–H groups in total. The first-order valence-electron chi connectivity index (χ1n) is 11.4. The average molecular weight is 425 g/mol. The maximum absolute atomic E-state index is 5.48. The van der Waals surface area contributed by atoms with Crippen molar-refractivity contribution in [1.29, 1.82) is 0 Å². The number of morpholine rings is 1. The number of allylic oxidation sites excluding steroid dienone is 2. The van der Waals surface area contributed by atoms with Gasteiger partial charge in [-0.25, -0.2) is 0 Å². The molecule has 3 aromatic rings. The molecule has 0 atom stereocenters. The zero-order valence-electron chi connectivity index (χ0n) is 18.9. The van der Waals surface area contributed by atoms with Crippen LogP contribution in [0.15, 0.2) is 97.6 Å². The van der Waals surface area contributed by atoms with Gasteiger partial charge >= 0.3 is 0 Å². The van der Waals surface area contributed by atoms with E-state index >= 15 is 0 Å². The molecule has 0 aliphatic carbocycles. The number of rotatable bonds is 8. The summed E-state index contributed by atoms with van der Waals surface area (Å²) in [5, 5.41) is 0. The van der Waals surface area contributed by atoms with Gasteiger partial charge in [0.15, 0.2) is 0 Å². The highest BCUT2D eigenvalue weighted by atomic mass is 16.5. The standard InChI is InChI=1S/C29H32N2O/c1-3-8-29(26-13-17-28(18-14-26)31-19-21-32-22-20-31)25-11-15-27(16-12-25)30(4-2)23-24-9-6-5-7-10-24/h3,5-18H,1,4,19-23H2,2H3. The smallest absolute Gasteiger partial charge is 0.0642 e. The number of hydrogen-bond donors (Lipinski definition) is 0. The summed E-state index contributed by atoms with van der Waals surface area (Å²) < 4.78 is 5.48. The van der Waals surface area contributed by atoms with Gasteiger partial charge in [-0.2, -0.15) is 0 Å². The molecule has 0 saturated carbocycles. The second kappa shape index (κ2) is 10.8. The van der Waals surface area contributed by atoms with Crippen molar-refractivity contribution in [2.75, 3.05) is 42.6 Å². The number of anilines is 2. The third-order valence-corrected chi connectivity index (χ3v) is 5.98. The summed E-state index contributed by atoms with van der Waals surface area (Å²) in [6.07, 6.45) is 3.97. The summed E-state index contributed by atoms with van der Waals surface area (Å²) in [4.78, 5) is 4.78. The van der Waals surface area contributed by atoms with Crippen molar-refractivity contribution in [1.82, 2.24) is 0 Å². The Morgan fingerprint density at radius 1 is 0.906 bits per heavy atom. The van der Waals surface area contributed by atoms with Gasteiger partial charge in [-0.15, -0.1) is 0 Å². The highest BCUT2D eigenvalue weighted by molar-refractivity contribution is 5.82. The molecule has 1 fully saturated rings. The SMILES string of the molecule is C=CC=C(c1ccc(N2CCOCC2)cc1)c1ccc(N(CC)Cc2ccccc2)cc1. The Morgan fingerprint density at radius 3 is 2.12 bits per heavy atom. The van der Waals surface area contributed by atoms with Crippen LogP contribution in [0.25, 0.3) is 5.57 Å². The molecule has 0 unspecified atom stereocenters. The Bertz CT molecular complexity index is 1020. The molecule has 1 aliphatic rings. The lowest BCUT2D eigenvalue weighted by Crippen LogP contribution is -2.36. The molecule has 32 heavy (non-hydrogen) atoms. The van der Waals surface area contributed by atoms with Crippen LogP contribution >= 0.6 is 0 Å². The predicted molar refractivity (Wildman–Crippen MR) is 136 cm³/mol. The van der Waals surface area contributed by atoms with Crippen LogP contribution in [-0.2, 0) is 11.3 Å². The molecule has 3 nitrogen and oxygen atoms in total. The quantitative estimate of drug-likeness (QED) is 0.402. The second-order valence-electron chi connectivity index (χ2n) is 8.01. The van der Waals surface area contributed by atoms with E-state index in [1.165, 1.54) is 33.6 Å². The lowest BCUT2D eigenvalue weighted by molar-refractivity contribution is 0.122. The van der Waals surface area contributed by atoms with Gasteiger partial charge in [-0.3, -0.25) is 0 Å². The monoisotopic (exact) mass is 424 g/mol. The Balaban J connectivity index is 1.52. The molecule has 0 amide bonds. The number of ether oxygens (including phenoxy) is 1. The maximum Gasteiger partial charge on any atom is 0.0642 e. The van der Waals surface area contributed by atoms with Gasteiger partial charge in [0, 0.05) is 37.6 Å². The maximum atomic E-state index is 5.48. The summed E-state index contributed by atoms with van der Waals surface area (Å²) in [7, 11) is 0. The van der Waals surface area contributed by atoms with E-state index in [1.54, 1.807) is 0 Å². The van der Waals surface area contributed by atoms with Crippen molar-refractivity contribution < 1.29 is 4.74 Å². The van der Waals surface area contributed by atoms with E-state index in [9.17, 15) is 0 Å². The molecular formula is C29H32N2O. The highest BCUT2D eigenvalue weighted by Crippen LogP contribution is 2.28. The van der Waals surface area contributed by atoms with E-state index in [0.29, 0.717) is 0 Å². The molecule has 1 saturated heterocycles. The van der Waals surface area contributed by atoms with Crippen molar-refractivity contribution >= 4 is 16.9 Å². The summed E-state index contributed by atoms with van der Waals surface area (Å²) in [5.74, 6) is 0. The summed E-state index contributed by atoms with van der Waals surface area (Å²) in [6.45, 7) is 11.5. The molecule has 3 aromatic carbocycles. The highest BCUT2D eigenvalue weighted by Gasteiger charge is 2.12. The zero-order chi connectivity index (χ0) is 22.2. The number of hydrogen-bond acceptors (Lipinski definition) is 3. The zero-order valence-corrected chi connectivity index (χ0v) is 18.9. The van der Waals surface area contributed by atoms with Crippen LogP contribution in [0.4, 0.5) is 11.4 Å². The van der Waals surface area contributed by atoms with Crippen LogP contribution < -0.4 is 9.80 Å². The van der Waals surface area contributed by atoms with Crippen LogP contribution in [0.1, 0.15) is 23.6 Å². The molecule has 0 spiro atoms. The molecule has 0 radical (unpaired) electrons. The van der Waals surface area contributed by atoms with Crippen LogP contribution in [0, 0.1) is 0 Å². The van der Waals surface area contributed by atoms with Crippen LogP contribution in [0.2, 0.25) is 0 Å². The van der Waals surface area contributed by atoms with E-state index in [4.69, 9.17) is 4.74 Å². The minimum Gasteiger partial charge on any atom is -0.378 e. The lowest BCUT2D eigenvalue weighted by atomic mass is 9.96. The van der Waals surface area contributed by atoms with E-state index < -0.39 is 0 Å². The molecule has 0 aromatic heterocycles. The summed E-state index contributed by atoms with van der Waals surface area (Å²) in [5.41, 5.74) is 7.40. The van der Waals surface area contributed by atoms with Crippen LogP contribution in [0.5, 0.6) is 0 Å². The Morgan fingerprint density at radius 2 is 1.53 bits per heavy atom. The van der Waals surface area contributed by atoms with Gasteiger partial charge < -0.3 is 14.5 Å². The largest absolute Gasteiger partial charge is 0.378 e. The molecule has 1 heterocycles. The fraction of sp³-hybridized carbons (Fsp3) is 0.241. The fourth-order valence-corrected chi connectivity index (χ4v) is 4.19. The molecule has 0 bridgehead atoms. The Labute approximate surface area is 192 Å².